The van der Waals surface area contributed by atoms with Crippen molar-refractivity contribution in [2.75, 3.05) is 11.9 Å². The van der Waals surface area contributed by atoms with Gasteiger partial charge in [0.05, 0.1) is 0 Å². The average molecular weight is 269 g/mol. The highest BCUT2D eigenvalue weighted by molar-refractivity contribution is 6.00. The van der Waals surface area contributed by atoms with Gasteiger partial charge in [-0.05, 0) is 30.7 Å². The first-order chi connectivity index (χ1) is 9.78. The molecule has 1 fully saturated rings. The summed E-state index contributed by atoms with van der Waals surface area (Å²) < 4.78 is 0. The smallest absolute Gasteiger partial charge is 0.270 e. The SMILES string of the molecule is CCCNc1nc(C(=O)NC2CC2)cc2ccccc12. The minimum absolute atomic E-state index is 0.0715. The Labute approximate surface area is 118 Å². The number of nitrogens with zero attached hydrogens (tertiary/aromatic N) is 1. The summed E-state index contributed by atoms with van der Waals surface area (Å²) in [5.74, 6) is 0.726. The number of amides is 1. The maximum Gasteiger partial charge on any atom is 0.270 e. The molecule has 3 rings (SSSR count). The van der Waals surface area contributed by atoms with E-state index in [1.807, 2.05) is 30.3 Å². The maximum atomic E-state index is 12.2. The summed E-state index contributed by atoms with van der Waals surface area (Å²) in [5, 5.41) is 8.40. The average Bonchev–Trinajstić information content (AvgIpc) is 3.28. The molecule has 104 valence electrons. The third-order valence-corrected chi connectivity index (χ3v) is 3.43. The van der Waals surface area contributed by atoms with Crippen molar-refractivity contribution < 1.29 is 4.79 Å². The second-order valence-corrected chi connectivity index (χ2v) is 5.25. The van der Waals surface area contributed by atoms with Crippen molar-refractivity contribution in [3.63, 3.8) is 0 Å². The largest absolute Gasteiger partial charge is 0.370 e. The Morgan fingerprint density at radius 2 is 2.15 bits per heavy atom. The summed E-state index contributed by atoms with van der Waals surface area (Å²) in [6.45, 7) is 2.96. The van der Waals surface area contributed by atoms with Gasteiger partial charge >= 0.3 is 0 Å². The Kier molecular flexibility index (Phi) is 3.54. The van der Waals surface area contributed by atoms with Crippen LogP contribution in [0.2, 0.25) is 0 Å². The van der Waals surface area contributed by atoms with Gasteiger partial charge in [0.15, 0.2) is 0 Å². The molecule has 0 unspecified atom stereocenters. The molecule has 1 heterocycles. The third-order valence-electron chi connectivity index (χ3n) is 3.43. The van der Waals surface area contributed by atoms with Gasteiger partial charge in [-0.2, -0.15) is 0 Å². The van der Waals surface area contributed by atoms with Crippen molar-refractivity contribution in [2.45, 2.75) is 32.2 Å². The van der Waals surface area contributed by atoms with E-state index in [2.05, 4.69) is 22.5 Å². The number of nitrogens with one attached hydrogen (secondary N) is 2. The number of rotatable bonds is 5. The Morgan fingerprint density at radius 1 is 1.35 bits per heavy atom. The molecule has 1 aliphatic carbocycles. The molecule has 2 aromatic rings. The van der Waals surface area contributed by atoms with Gasteiger partial charge in [-0.25, -0.2) is 4.98 Å². The molecule has 0 atom stereocenters. The van der Waals surface area contributed by atoms with Crippen molar-refractivity contribution in [2.24, 2.45) is 0 Å². The molecule has 1 aromatic carbocycles. The van der Waals surface area contributed by atoms with Crippen LogP contribution in [-0.4, -0.2) is 23.5 Å². The molecule has 0 spiro atoms. The molecular weight excluding hydrogens is 250 g/mol. The summed E-state index contributed by atoms with van der Waals surface area (Å²) in [6, 6.07) is 10.2. The number of aromatic nitrogens is 1. The molecule has 4 nitrogen and oxygen atoms in total. The number of carbonyl (C=O) groups excluding carboxylic acids is 1. The van der Waals surface area contributed by atoms with Crippen LogP contribution in [0.4, 0.5) is 5.82 Å². The number of fused-ring (bicyclic) bond motifs is 1. The first-order valence-electron chi connectivity index (χ1n) is 7.22. The normalized spacial score (nSPS) is 14.2. The molecule has 1 aliphatic rings. The lowest BCUT2D eigenvalue weighted by Gasteiger charge is -2.11. The molecule has 0 bridgehead atoms. The summed E-state index contributed by atoms with van der Waals surface area (Å²) >= 11 is 0. The van der Waals surface area contributed by atoms with Crippen molar-refractivity contribution in [3.8, 4) is 0 Å². The highest BCUT2D eigenvalue weighted by Crippen LogP contribution is 2.24. The predicted octanol–water partition coefficient (Wildman–Crippen LogP) is 2.95. The lowest BCUT2D eigenvalue weighted by molar-refractivity contribution is 0.0946. The van der Waals surface area contributed by atoms with Crippen LogP contribution in [0.15, 0.2) is 30.3 Å². The van der Waals surface area contributed by atoms with E-state index in [0.717, 1.165) is 42.4 Å². The second kappa shape index (κ2) is 5.49. The molecule has 2 N–H and O–H groups in total. The van der Waals surface area contributed by atoms with Crippen LogP contribution >= 0.6 is 0 Å². The van der Waals surface area contributed by atoms with Gasteiger partial charge in [0, 0.05) is 18.0 Å². The minimum atomic E-state index is -0.0715. The van der Waals surface area contributed by atoms with E-state index in [0.29, 0.717) is 11.7 Å². The van der Waals surface area contributed by atoms with E-state index in [1.165, 1.54) is 0 Å². The van der Waals surface area contributed by atoms with Crippen LogP contribution in [0.1, 0.15) is 36.7 Å². The lowest BCUT2D eigenvalue weighted by Crippen LogP contribution is -2.26. The third kappa shape index (κ3) is 2.74. The number of benzene rings is 1. The molecule has 1 saturated carbocycles. The topological polar surface area (TPSA) is 54.0 Å². The second-order valence-electron chi connectivity index (χ2n) is 5.25. The summed E-state index contributed by atoms with van der Waals surface area (Å²) in [5.41, 5.74) is 0.495. The van der Waals surface area contributed by atoms with Gasteiger partial charge in [0.25, 0.3) is 5.91 Å². The monoisotopic (exact) mass is 269 g/mol. The number of carbonyl (C=O) groups is 1. The fourth-order valence-electron chi connectivity index (χ4n) is 2.18. The van der Waals surface area contributed by atoms with Crippen LogP contribution < -0.4 is 10.6 Å². The first-order valence-corrected chi connectivity index (χ1v) is 7.22. The highest BCUT2D eigenvalue weighted by Gasteiger charge is 2.24. The zero-order valence-corrected chi connectivity index (χ0v) is 11.6. The van der Waals surface area contributed by atoms with E-state index in [4.69, 9.17) is 0 Å². The van der Waals surface area contributed by atoms with Crippen LogP contribution in [-0.2, 0) is 0 Å². The number of hydrogen-bond donors (Lipinski definition) is 2. The van der Waals surface area contributed by atoms with Crippen molar-refractivity contribution in [3.05, 3.63) is 36.0 Å². The van der Waals surface area contributed by atoms with Crippen LogP contribution in [0.3, 0.4) is 0 Å². The van der Waals surface area contributed by atoms with Crippen molar-refractivity contribution >= 4 is 22.5 Å². The Morgan fingerprint density at radius 3 is 2.90 bits per heavy atom. The molecular formula is C16H19N3O. The molecule has 1 amide bonds. The Bertz CT molecular complexity index is 635. The molecule has 20 heavy (non-hydrogen) atoms. The predicted molar refractivity (Wildman–Crippen MR) is 81.0 cm³/mol. The van der Waals surface area contributed by atoms with Gasteiger partial charge < -0.3 is 10.6 Å². The fraction of sp³-hybridized carbons (Fsp3) is 0.375. The zero-order valence-electron chi connectivity index (χ0n) is 11.6. The van der Waals surface area contributed by atoms with Gasteiger partial charge in [-0.3, -0.25) is 4.79 Å². The van der Waals surface area contributed by atoms with E-state index in [-0.39, 0.29) is 5.91 Å². The molecule has 4 heteroatoms. The molecule has 0 aliphatic heterocycles. The number of hydrogen-bond acceptors (Lipinski definition) is 3. The molecule has 0 radical (unpaired) electrons. The van der Waals surface area contributed by atoms with Crippen molar-refractivity contribution in [1.82, 2.24) is 10.3 Å². The summed E-state index contributed by atoms with van der Waals surface area (Å²) in [7, 11) is 0. The van der Waals surface area contributed by atoms with Gasteiger partial charge in [0.1, 0.15) is 11.5 Å². The Hall–Kier alpha value is -2.10. The number of pyridine rings is 1. The zero-order chi connectivity index (χ0) is 13.9. The van der Waals surface area contributed by atoms with Gasteiger partial charge in [0.2, 0.25) is 0 Å². The van der Waals surface area contributed by atoms with E-state index in [1.54, 1.807) is 0 Å². The van der Waals surface area contributed by atoms with Crippen LogP contribution in [0.25, 0.3) is 10.8 Å². The highest BCUT2D eigenvalue weighted by atomic mass is 16.2. The molecule has 0 saturated heterocycles. The number of anilines is 1. The Balaban J connectivity index is 1.97. The van der Waals surface area contributed by atoms with Crippen LogP contribution in [0, 0.1) is 0 Å². The van der Waals surface area contributed by atoms with Gasteiger partial charge in [-0.15, -0.1) is 0 Å². The van der Waals surface area contributed by atoms with E-state index in [9.17, 15) is 4.79 Å². The standard InChI is InChI=1S/C16H19N3O/c1-2-9-17-15-13-6-4-3-5-11(13)10-14(19-15)16(20)18-12-7-8-12/h3-6,10,12H,2,7-9H2,1H3,(H,17,19)(H,18,20). The van der Waals surface area contributed by atoms with Gasteiger partial charge in [-0.1, -0.05) is 31.2 Å². The van der Waals surface area contributed by atoms with Crippen molar-refractivity contribution in [1.29, 1.82) is 0 Å². The lowest BCUT2D eigenvalue weighted by atomic mass is 10.1. The van der Waals surface area contributed by atoms with Crippen LogP contribution in [0.5, 0.6) is 0 Å². The van der Waals surface area contributed by atoms with E-state index < -0.39 is 0 Å². The summed E-state index contributed by atoms with van der Waals surface area (Å²) in [6.07, 6.45) is 3.19. The first kappa shape index (κ1) is 12.9. The maximum absolute atomic E-state index is 12.2. The summed E-state index contributed by atoms with van der Waals surface area (Å²) in [4.78, 5) is 16.7. The van der Waals surface area contributed by atoms with E-state index >= 15 is 0 Å². The minimum Gasteiger partial charge on any atom is -0.370 e. The fourth-order valence-corrected chi connectivity index (χ4v) is 2.18. The quantitative estimate of drug-likeness (QED) is 0.877. The molecule has 1 aromatic heterocycles.